The van der Waals surface area contributed by atoms with Crippen molar-refractivity contribution in [2.24, 2.45) is 0 Å². The maximum atomic E-state index is 12.9. The zero-order valence-corrected chi connectivity index (χ0v) is 17.9. The molecule has 0 aliphatic carbocycles. The minimum atomic E-state index is -0.204. The molecule has 0 unspecified atom stereocenters. The molecule has 3 rings (SSSR count). The number of hydrogen-bond acceptors (Lipinski definition) is 6. The molecule has 1 aliphatic heterocycles. The molecule has 5 nitrogen and oxygen atoms in total. The maximum Gasteiger partial charge on any atom is 0.270 e. The van der Waals surface area contributed by atoms with Gasteiger partial charge >= 0.3 is 0 Å². The molecule has 2 aromatic carbocycles. The topological polar surface area (TPSA) is 48.0 Å². The molecule has 1 heterocycles. The molecule has 1 saturated heterocycles. The molecule has 8 heteroatoms. The van der Waals surface area contributed by atoms with E-state index in [0.717, 1.165) is 5.56 Å². The van der Waals surface area contributed by atoms with Crippen molar-refractivity contribution in [2.45, 2.75) is 6.92 Å². The number of ether oxygens (including phenoxy) is 3. The molecule has 0 spiro atoms. The highest BCUT2D eigenvalue weighted by Gasteiger charge is 2.33. The van der Waals surface area contributed by atoms with Crippen molar-refractivity contribution in [1.82, 2.24) is 0 Å². The summed E-state index contributed by atoms with van der Waals surface area (Å²) in [5.41, 5.74) is 1.42. The first-order valence-corrected chi connectivity index (χ1v) is 10.0. The van der Waals surface area contributed by atoms with Gasteiger partial charge in [-0.25, -0.2) is 0 Å². The molecule has 0 atom stereocenters. The van der Waals surface area contributed by atoms with Crippen molar-refractivity contribution < 1.29 is 19.0 Å². The van der Waals surface area contributed by atoms with Gasteiger partial charge in [-0.3, -0.25) is 9.69 Å². The van der Waals surface area contributed by atoms with Gasteiger partial charge in [0.15, 0.2) is 15.8 Å². The van der Waals surface area contributed by atoms with Crippen molar-refractivity contribution in [3.63, 3.8) is 0 Å². The summed E-state index contributed by atoms with van der Waals surface area (Å²) >= 11 is 12.8. The van der Waals surface area contributed by atoms with Crippen LogP contribution in [0.4, 0.5) is 5.69 Å². The van der Waals surface area contributed by atoms with Crippen molar-refractivity contribution in [3.05, 3.63) is 51.9 Å². The summed E-state index contributed by atoms with van der Waals surface area (Å²) in [7, 11) is 3.12. The van der Waals surface area contributed by atoms with Crippen LogP contribution in [0.1, 0.15) is 12.5 Å². The van der Waals surface area contributed by atoms with Gasteiger partial charge in [-0.2, -0.15) is 0 Å². The van der Waals surface area contributed by atoms with Crippen molar-refractivity contribution >= 4 is 57.6 Å². The molecule has 0 N–H and O–H groups in total. The largest absolute Gasteiger partial charge is 0.495 e. The van der Waals surface area contributed by atoms with Crippen molar-refractivity contribution in [3.8, 4) is 17.2 Å². The van der Waals surface area contributed by atoms with Crippen LogP contribution in [0.25, 0.3) is 6.08 Å². The SMILES string of the molecule is CCOc1cc(/C=C2/SC(=S)N(c3ccc(OC)c(Cl)c3)C2=O)ccc1OC. The molecule has 1 aliphatic rings. The number of amides is 1. The fourth-order valence-corrected chi connectivity index (χ4v) is 4.24. The second kappa shape index (κ2) is 8.86. The molecule has 0 bridgehead atoms. The van der Waals surface area contributed by atoms with E-state index in [-0.39, 0.29) is 5.91 Å². The number of carbonyl (C=O) groups is 1. The lowest BCUT2D eigenvalue weighted by Crippen LogP contribution is -2.27. The first-order chi connectivity index (χ1) is 13.5. The van der Waals surface area contributed by atoms with E-state index in [1.807, 2.05) is 19.1 Å². The number of anilines is 1. The van der Waals surface area contributed by atoms with Gasteiger partial charge in [-0.1, -0.05) is 41.6 Å². The Hall–Kier alpha value is -2.22. The van der Waals surface area contributed by atoms with E-state index in [1.54, 1.807) is 37.5 Å². The van der Waals surface area contributed by atoms with Gasteiger partial charge in [0, 0.05) is 0 Å². The second-order valence-electron chi connectivity index (χ2n) is 5.68. The number of rotatable bonds is 6. The molecule has 28 heavy (non-hydrogen) atoms. The Morgan fingerprint density at radius 3 is 2.46 bits per heavy atom. The monoisotopic (exact) mass is 435 g/mol. The van der Waals surface area contributed by atoms with Crippen LogP contribution in [0.5, 0.6) is 17.2 Å². The van der Waals surface area contributed by atoms with E-state index in [0.29, 0.717) is 43.8 Å². The van der Waals surface area contributed by atoms with E-state index in [9.17, 15) is 4.79 Å². The number of thioether (sulfide) groups is 1. The number of benzene rings is 2. The van der Waals surface area contributed by atoms with Gasteiger partial charge in [0.2, 0.25) is 0 Å². The summed E-state index contributed by atoms with van der Waals surface area (Å²) in [6.07, 6.45) is 1.78. The average molecular weight is 436 g/mol. The van der Waals surface area contributed by atoms with E-state index in [4.69, 9.17) is 38.0 Å². The molecule has 146 valence electrons. The fourth-order valence-electron chi connectivity index (χ4n) is 2.69. The summed E-state index contributed by atoms with van der Waals surface area (Å²) < 4.78 is 16.5. The predicted octanol–water partition coefficient (Wildman–Crippen LogP) is 5.16. The maximum absolute atomic E-state index is 12.9. The van der Waals surface area contributed by atoms with Crippen LogP contribution in [0.2, 0.25) is 5.02 Å². The Morgan fingerprint density at radius 2 is 1.82 bits per heavy atom. The van der Waals surface area contributed by atoms with Crippen molar-refractivity contribution in [1.29, 1.82) is 0 Å². The average Bonchev–Trinajstić information content (AvgIpc) is 2.95. The molecule has 0 aromatic heterocycles. The van der Waals surface area contributed by atoms with Crippen LogP contribution < -0.4 is 19.1 Å². The number of nitrogens with zero attached hydrogens (tertiary/aromatic N) is 1. The third kappa shape index (κ3) is 4.11. The number of carbonyl (C=O) groups excluding carboxylic acids is 1. The van der Waals surface area contributed by atoms with Crippen LogP contribution in [0.3, 0.4) is 0 Å². The minimum absolute atomic E-state index is 0.204. The van der Waals surface area contributed by atoms with Crippen LogP contribution in [0, 0.1) is 0 Å². The Kier molecular flexibility index (Phi) is 6.49. The molecule has 2 aromatic rings. The summed E-state index contributed by atoms with van der Waals surface area (Å²) in [6, 6.07) is 10.6. The molecule has 0 saturated carbocycles. The Morgan fingerprint density at radius 1 is 1.11 bits per heavy atom. The van der Waals surface area contributed by atoms with Gasteiger partial charge < -0.3 is 14.2 Å². The van der Waals surface area contributed by atoms with Crippen LogP contribution >= 0.6 is 35.6 Å². The second-order valence-corrected chi connectivity index (χ2v) is 7.76. The van der Waals surface area contributed by atoms with E-state index >= 15 is 0 Å². The standard InChI is InChI=1S/C20H18ClNO4S2/c1-4-26-17-9-12(5-7-16(17)25-3)10-18-19(23)22(20(27)28-18)13-6-8-15(24-2)14(21)11-13/h5-11H,4H2,1-3H3/b18-10+. The summed E-state index contributed by atoms with van der Waals surface area (Å²) in [5, 5.41) is 0.412. The normalized spacial score (nSPS) is 15.3. The zero-order valence-electron chi connectivity index (χ0n) is 15.5. The zero-order chi connectivity index (χ0) is 20.3. The summed E-state index contributed by atoms with van der Waals surface area (Å²) in [6.45, 7) is 2.41. The summed E-state index contributed by atoms with van der Waals surface area (Å²) in [5.74, 6) is 1.59. The fraction of sp³-hybridized carbons (Fsp3) is 0.200. The van der Waals surface area contributed by atoms with Gasteiger partial charge in [0.1, 0.15) is 5.75 Å². The first-order valence-electron chi connectivity index (χ1n) is 8.40. The van der Waals surface area contributed by atoms with Crippen LogP contribution in [-0.4, -0.2) is 31.1 Å². The minimum Gasteiger partial charge on any atom is -0.495 e. The Labute approximate surface area is 178 Å². The van der Waals surface area contributed by atoms with Gasteiger partial charge in [-0.05, 0) is 48.9 Å². The van der Waals surface area contributed by atoms with Gasteiger partial charge in [0.25, 0.3) is 5.91 Å². The quantitative estimate of drug-likeness (QED) is 0.461. The first kappa shape index (κ1) is 20.5. The highest BCUT2D eigenvalue weighted by molar-refractivity contribution is 8.27. The van der Waals surface area contributed by atoms with Crippen LogP contribution in [-0.2, 0) is 4.79 Å². The van der Waals surface area contributed by atoms with Gasteiger partial charge in [0.05, 0.1) is 36.4 Å². The van der Waals surface area contributed by atoms with E-state index in [1.165, 1.54) is 23.8 Å². The Bertz CT molecular complexity index is 961. The molecule has 1 fully saturated rings. The number of halogens is 1. The molecule has 0 radical (unpaired) electrons. The molecule has 1 amide bonds. The van der Waals surface area contributed by atoms with Crippen molar-refractivity contribution in [2.75, 3.05) is 25.7 Å². The lowest BCUT2D eigenvalue weighted by Gasteiger charge is -2.15. The molecular formula is C20H18ClNO4S2. The third-order valence-corrected chi connectivity index (χ3v) is 5.57. The van der Waals surface area contributed by atoms with E-state index in [2.05, 4.69) is 0 Å². The number of methoxy groups -OCH3 is 2. The highest BCUT2D eigenvalue weighted by atomic mass is 35.5. The number of hydrogen-bond donors (Lipinski definition) is 0. The lowest BCUT2D eigenvalue weighted by molar-refractivity contribution is -0.113. The Balaban J connectivity index is 1.91. The summed E-state index contributed by atoms with van der Waals surface area (Å²) in [4.78, 5) is 14.9. The number of thiocarbonyl (C=S) groups is 1. The van der Waals surface area contributed by atoms with E-state index < -0.39 is 0 Å². The lowest BCUT2D eigenvalue weighted by atomic mass is 10.2. The third-order valence-electron chi connectivity index (χ3n) is 3.97. The smallest absolute Gasteiger partial charge is 0.270 e. The highest BCUT2D eigenvalue weighted by Crippen LogP contribution is 2.39. The predicted molar refractivity (Wildman–Crippen MR) is 118 cm³/mol. The molecular weight excluding hydrogens is 418 g/mol. The van der Waals surface area contributed by atoms with Crippen LogP contribution in [0.15, 0.2) is 41.3 Å². The van der Waals surface area contributed by atoms with Gasteiger partial charge in [-0.15, -0.1) is 0 Å².